The van der Waals surface area contributed by atoms with Gasteiger partial charge in [0.1, 0.15) is 5.75 Å². The van der Waals surface area contributed by atoms with Crippen molar-refractivity contribution in [2.75, 3.05) is 0 Å². The van der Waals surface area contributed by atoms with Crippen LogP contribution in [0.15, 0.2) is 60.7 Å². The highest BCUT2D eigenvalue weighted by Crippen LogP contribution is 2.38. The molecule has 1 aliphatic rings. The molecule has 4 rings (SSSR count). The molecule has 0 radical (unpaired) electrons. The first-order chi connectivity index (χ1) is 13.7. The fraction of sp³-hybridized carbons (Fsp3) is 0.407. The maximum absolute atomic E-state index is 9.64. The van der Waals surface area contributed by atoms with Crippen LogP contribution in [0.5, 0.6) is 5.75 Å². The van der Waals surface area contributed by atoms with E-state index < -0.39 is 0 Å². The molecule has 0 saturated heterocycles. The van der Waals surface area contributed by atoms with E-state index in [1.165, 1.54) is 73.4 Å². The van der Waals surface area contributed by atoms with Crippen molar-refractivity contribution in [1.29, 1.82) is 0 Å². The van der Waals surface area contributed by atoms with Gasteiger partial charge in [-0.05, 0) is 83.2 Å². The van der Waals surface area contributed by atoms with Crippen molar-refractivity contribution >= 4 is 10.8 Å². The minimum absolute atomic E-state index is 0.324. The molecule has 0 amide bonds. The third kappa shape index (κ3) is 4.41. The third-order valence-electron chi connectivity index (χ3n) is 6.60. The predicted octanol–water partition coefficient (Wildman–Crippen LogP) is 8.07. The summed E-state index contributed by atoms with van der Waals surface area (Å²) in [6, 6.07) is 21.3. The van der Waals surface area contributed by atoms with Crippen molar-refractivity contribution in [1.82, 2.24) is 0 Å². The van der Waals surface area contributed by atoms with Gasteiger partial charge in [-0.3, -0.25) is 0 Å². The topological polar surface area (TPSA) is 20.2 Å². The van der Waals surface area contributed by atoms with Crippen molar-refractivity contribution in [3.63, 3.8) is 0 Å². The molecular weight excluding hydrogens is 340 g/mol. The number of benzene rings is 3. The van der Waals surface area contributed by atoms with E-state index in [4.69, 9.17) is 0 Å². The summed E-state index contributed by atoms with van der Waals surface area (Å²) in [7, 11) is 0. The SMILES string of the molecule is CCCCCC1CCC(c2ccc(-c3ccc4cc(O)ccc4c3)cc2)CC1. The molecule has 28 heavy (non-hydrogen) atoms. The van der Waals surface area contributed by atoms with Crippen LogP contribution in [0.1, 0.15) is 69.8 Å². The Morgan fingerprint density at radius 1 is 0.750 bits per heavy atom. The highest BCUT2D eigenvalue weighted by Gasteiger charge is 2.22. The first-order valence-corrected chi connectivity index (χ1v) is 11.1. The minimum atomic E-state index is 0.324. The van der Waals surface area contributed by atoms with Crippen molar-refractivity contribution in [3.05, 3.63) is 66.2 Å². The van der Waals surface area contributed by atoms with Crippen LogP contribution < -0.4 is 0 Å². The van der Waals surface area contributed by atoms with Crippen molar-refractivity contribution in [3.8, 4) is 16.9 Å². The number of phenolic OH excluding ortho intramolecular Hbond substituents is 1. The summed E-state index contributed by atoms with van der Waals surface area (Å²) in [4.78, 5) is 0. The van der Waals surface area contributed by atoms with Crippen LogP contribution in [0.4, 0.5) is 0 Å². The summed E-state index contributed by atoms with van der Waals surface area (Å²) in [5, 5.41) is 11.9. The van der Waals surface area contributed by atoms with Crippen LogP contribution in [0.2, 0.25) is 0 Å². The van der Waals surface area contributed by atoms with E-state index in [1.54, 1.807) is 6.07 Å². The van der Waals surface area contributed by atoms with Crippen LogP contribution in [0.25, 0.3) is 21.9 Å². The normalized spacial score (nSPS) is 19.8. The maximum Gasteiger partial charge on any atom is 0.116 e. The molecule has 1 saturated carbocycles. The molecule has 0 bridgehead atoms. The zero-order chi connectivity index (χ0) is 19.3. The van der Waals surface area contributed by atoms with E-state index in [2.05, 4.69) is 49.4 Å². The number of phenols is 1. The molecule has 3 aromatic carbocycles. The quantitative estimate of drug-likeness (QED) is 0.434. The number of hydrogen-bond donors (Lipinski definition) is 1. The average molecular weight is 373 g/mol. The lowest BCUT2D eigenvalue weighted by Crippen LogP contribution is -2.13. The molecule has 0 unspecified atom stereocenters. The van der Waals surface area contributed by atoms with Crippen molar-refractivity contribution < 1.29 is 5.11 Å². The smallest absolute Gasteiger partial charge is 0.116 e. The highest BCUT2D eigenvalue weighted by atomic mass is 16.3. The lowest BCUT2D eigenvalue weighted by molar-refractivity contribution is 0.303. The third-order valence-corrected chi connectivity index (χ3v) is 6.60. The number of unbranched alkanes of at least 4 members (excludes halogenated alkanes) is 2. The summed E-state index contributed by atoms with van der Waals surface area (Å²) in [5.41, 5.74) is 4.03. The monoisotopic (exact) mass is 372 g/mol. The molecule has 3 aromatic rings. The van der Waals surface area contributed by atoms with Gasteiger partial charge in [-0.1, -0.05) is 75.1 Å². The van der Waals surface area contributed by atoms with Gasteiger partial charge >= 0.3 is 0 Å². The van der Waals surface area contributed by atoms with Crippen molar-refractivity contribution in [2.24, 2.45) is 5.92 Å². The zero-order valence-corrected chi connectivity index (χ0v) is 17.0. The van der Waals surface area contributed by atoms with E-state index in [0.29, 0.717) is 5.75 Å². The summed E-state index contributed by atoms with van der Waals surface area (Å²) in [6.45, 7) is 2.29. The summed E-state index contributed by atoms with van der Waals surface area (Å²) >= 11 is 0. The van der Waals surface area contributed by atoms with Gasteiger partial charge in [-0.15, -0.1) is 0 Å². The molecule has 1 aliphatic carbocycles. The first-order valence-electron chi connectivity index (χ1n) is 11.1. The standard InChI is InChI=1S/C27H32O/c1-2-3-4-5-20-6-8-21(9-7-20)22-10-12-23(13-11-22)24-14-15-26-19-27(28)17-16-25(26)18-24/h10-21,28H,2-9H2,1H3. The van der Waals surface area contributed by atoms with E-state index in [-0.39, 0.29) is 0 Å². The lowest BCUT2D eigenvalue weighted by Gasteiger charge is -2.29. The Hall–Kier alpha value is -2.28. The average Bonchev–Trinajstić information content (AvgIpc) is 2.74. The van der Waals surface area contributed by atoms with Gasteiger partial charge in [0.2, 0.25) is 0 Å². The van der Waals surface area contributed by atoms with Crippen LogP contribution in [0, 0.1) is 5.92 Å². The zero-order valence-electron chi connectivity index (χ0n) is 17.0. The molecule has 1 heteroatoms. The molecule has 1 fully saturated rings. The summed E-state index contributed by atoms with van der Waals surface area (Å²) in [6.07, 6.45) is 11.1. The Morgan fingerprint density at radius 2 is 1.43 bits per heavy atom. The highest BCUT2D eigenvalue weighted by molar-refractivity contribution is 5.88. The fourth-order valence-corrected chi connectivity index (χ4v) is 4.83. The molecule has 1 N–H and O–H groups in total. The van der Waals surface area contributed by atoms with Gasteiger partial charge in [0.05, 0.1) is 0 Å². The van der Waals surface area contributed by atoms with Crippen LogP contribution in [0.3, 0.4) is 0 Å². The van der Waals surface area contributed by atoms with Crippen molar-refractivity contribution in [2.45, 2.75) is 64.2 Å². The second kappa shape index (κ2) is 8.82. The number of fused-ring (bicyclic) bond motifs is 1. The van der Waals surface area contributed by atoms with E-state index >= 15 is 0 Å². The Labute approximate surface area is 169 Å². The molecule has 0 aliphatic heterocycles. The Kier molecular flexibility index (Phi) is 6.00. The Balaban J connectivity index is 1.41. The molecule has 0 aromatic heterocycles. The van der Waals surface area contributed by atoms with Gasteiger partial charge in [0, 0.05) is 0 Å². The van der Waals surface area contributed by atoms with Crippen LogP contribution >= 0.6 is 0 Å². The van der Waals surface area contributed by atoms with Crippen LogP contribution in [-0.2, 0) is 0 Å². The second-order valence-electron chi connectivity index (χ2n) is 8.58. The predicted molar refractivity (Wildman–Crippen MR) is 120 cm³/mol. The molecule has 146 valence electrons. The van der Waals surface area contributed by atoms with E-state index in [1.807, 2.05) is 12.1 Å². The fourth-order valence-electron chi connectivity index (χ4n) is 4.83. The van der Waals surface area contributed by atoms with Gasteiger partial charge in [-0.2, -0.15) is 0 Å². The number of aromatic hydroxyl groups is 1. The summed E-state index contributed by atoms with van der Waals surface area (Å²) < 4.78 is 0. The maximum atomic E-state index is 9.64. The van der Waals surface area contributed by atoms with Gasteiger partial charge < -0.3 is 5.11 Å². The number of rotatable bonds is 6. The minimum Gasteiger partial charge on any atom is -0.508 e. The molecular formula is C27H32O. The van der Waals surface area contributed by atoms with E-state index in [0.717, 1.165) is 17.2 Å². The van der Waals surface area contributed by atoms with Gasteiger partial charge in [0.25, 0.3) is 0 Å². The Morgan fingerprint density at radius 3 is 2.18 bits per heavy atom. The molecule has 0 atom stereocenters. The lowest BCUT2D eigenvalue weighted by atomic mass is 9.77. The molecule has 0 heterocycles. The second-order valence-corrected chi connectivity index (χ2v) is 8.58. The molecule has 1 nitrogen and oxygen atoms in total. The van der Waals surface area contributed by atoms with Gasteiger partial charge in [-0.25, -0.2) is 0 Å². The van der Waals surface area contributed by atoms with Gasteiger partial charge in [0.15, 0.2) is 0 Å². The molecule has 0 spiro atoms. The Bertz CT molecular complexity index is 901. The van der Waals surface area contributed by atoms with Crippen LogP contribution in [-0.4, -0.2) is 5.11 Å². The summed E-state index contributed by atoms with van der Waals surface area (Å²) in [5.74, 6) is 2.04. The largest absolute Gasteiger partial charge is 0.508 e. The van der Waals surface area contributed by atoms with E-state index in [9.17, 15) is 5.11 Å². The number of hydrogen-bond acceptors (Lipinski definition) is 1. The first kappa shape index (κ1) is 19.1.